The van der Waals surface area contributed by atoms with Gasteiger partial charge < -0.3 is 10.2 Å². The number of halogens is 2. The van der Waals surface area contributed by atoms with Crippen LogP contribution in [-0.4, -0.2) is 30.3 Å². The first-order chi connectivity index (χ1) is 9.41. The number of carbonyl (C=O) groups is 2. The van der Waals surface area contributed by atoms with E-state index in [-0.39, 0.29) is 17.5 Å². The van der Waals surface area contributed by atoms with Crippen molar-refractivity contribution in [2.75, 3.05) is 18.9 Å². The summed E-state index contributed by atoms with van der Waals surface area (Å²) in [5.74, 6) is -4.04. The van der Waals surface area contributed by atoms with Crippen LogP contribution in [0.15, 0.2) is 18.2 Å². The van der Waals surface area contributed by atoms with E-state index in [1.807, 2.05) is 0 Å². The molecule has 0 aliphatic carbocycles. The van der Waals surface area contributed by atoms with Gasteiger partial charge >= 0.3 is 0 Å². The zero-order valence-electron chi connectivity index (χ0n) is 11.3. The lowest BCUT2D eigenvalue weighted by molar-refractivity contribution is -0.144. The largest absolute Gasteiger partial charge is 0.345 e. The quantitative estimate of drug-likeness (QED) is 0.844. The highest BCUT2D eigenvalue weighted by atomic mass is 19.2. The maximum absolute atomic E-state index is 13.5. The molecule has 1 aliphatic heterocycles. The molecule has 2 amide bonds. The molecule has 4 nitrogen and oxygen atoms in total. The van der Waals surface area contributed by atoms with Crippen molar-refractivity contribution >= 4 is 17.5 Å². The van der Waals surface area contributed by atoms with Gasteiger partial charge in [0.1, 0.15) is 5.92 Å². The third-order valence-corrected chi connectivity index (χ3v) is 3.62. The molecule has 1 aromatic carbocycles. The van der Waals surface area contributed by atoms with Crippen LogP contribution >= 0.6 is 0 Å². The Kier molecular flexibility index (Phi) is 4.01. The fourth-order valence-electron chi connectivity index (χ4n) is 2.34. The summed E-state index contributed by atoms with van der Waals surface area (Å²) < 4.78 is 26.6. The minimum atomic E-state index is -1.12. The summed E-state index contributed by atoms with van der Waals surface area (Å²) in [4.78, 5) is 25.6. The monoisotopic (exact) mass is 282 g/mol. The summed E-state index contributed by atoms with van der Waals surface area (Å²) in [6.45, 7) is 2.40. The first-order valence-electron chi connectivity index (χ1n) is 6.41. The first kappa shape index (κ1) is 14.4. The highest BCUT2D eigenvalue weighted by molar-refractivity contribution is 6.07. The second-order valence-corrected chi connectivity index (χ2v) is 5.09. The van der Waals surface area contributed by atoms with E-state index in [4.69, 9.17) is 0 Å². The number of nitrogens with one attached hydrogen (secondary N) is 1. The van der Waals surface area contributed by atoms with Gasteiger partial charge in [0.2, 0.25) is 11.8 Å². The molecule has 0 aromatic heterocycles. The minimum Gasteiger partial charge on any atom is -0.345 e. The van der Waals surface area contributed by atoms with E-state index in [1.54, 1.807) is 14.0 Å². The number of anilines is 1. The van der Waals surface area contributed by atoms with Crippen LogP contribution in [0.2, 0.25) is 0 Å². The zero-order valence-corrected chi connectivity index (χ0v) is 11.3. The van der Waals surface area contributed by atoms with Gasteiger partial charge in [-0.15, -0.1) is 0 Å². The third kappa shape index (κ3) is 2.64. The van der Waals surface area contributed by atoms with Gasteiger partial charge in [0, 0.05) is 13.6 Å². The molecule has 108 valence electrons. The Labute approximate surface area is 115 Å². The van der Waals surface area contributed by atoms with Crippen molar-refractivity contribution in [3.63, 3.8) is 0 Å². The lowest BCUT2D eigenvalue weighted by Crippen LogP contribution is -2.47. The van der Waals surface area contributed by atoms with Crippen molar-refractivity contribution in [2.45, 2.75) is 13.3 Å². The number of piperidine rings is 1. The van der Waals surface area contributed by atoms with Crippen LogP contribution in [0.5, 0.6) is 0 Å². The number of amides is 2. The number of hydrogen-bond acceptors (Lipinski definition) is 2. The Balaban J connectivity index is 2.19. The molecule has 1 unspecified atom stereocenters. The van der Waals surface area contributed by atoms with Gasteiger partial charge in [0.05, 0.1) is 5.69 Å². The van der Waals surface area contributed by atoms with Gasteiger partial charge in [-0.1, -0.05) is 13.0 Å². The fourth-order valence-corrected chi connectivity index (χ4v) is 2.34. The predicted octanol–water partition coefficient (Wildman–Crippen LogP) is 2.02. The molecule has 1 aromatic rings. The highest BCUT2D eigenvalue weighted by Crippen LogP contribution is 2.26. The molecule has 6 heteroatoms. The maximum atomic E-state index is 13.5. The molecule has 0 radical (unpaired) electrons. The van der Waals surface area contributed by atoms with E-state index in [9.17, 15) is 18.4 Å². The summed E-state index contributed by atoms with van der Waals surface area (Å²) in [5.41, 5.74) is -0.247. The van der Waals surface area contributed by atoms with E-state index in [2.05, 4.69) is 5.32 Å². The topological polar surface area (TPSA) is 49.4 Å². The lowest BCUT2D eigenvalue weighted by Gasteiger charge is -2.33. The molecule has 0 saturated carbocycles. The van der Waals surface area contributed by atoms with E-state index < -0.39 is 23.5 Å². The van der Waals surface area contributed by atoms with Crippen LogP contribution in [0.4, 0.5) is 14.5 Å². The second kappa shape index (κ2) is 5.56. The number of hydrogen-bond donors (Lipinski definition) is 1. The molecular weight excluding hydrogens is 266 g/mol. The Morgan fingerprint density at radius 1 is 1.40 bits per heavy atom. The Morgan fingerprint density at radius 3 is 2.80 bits per heavy atom. The van der Waals surface area contributed by atoms with Gasteiger partial charge in [0.25, 0.3) is 0 Å². The van der Waals surface area contributed by atoms with Crippen LogP contribution < -0.4 is 5.32 Å². The van der Waals surface area contributed by atoms with E-state index in [1.165, 1.54) is 17.0 Å². The number of rotatable bonds is 2. The standard InChI is InChI=1S/C14H16F2N2O2/c1-8-6-7-18(2)14(20)11(8)13(19)17-10-5-3-4-9(15)12(10)16/h3-5,8,11H,6-7H2,1-2H3,(H,17,19)/t8?,11-/m0/s1. The van der Waals surface area contributed by atoms with Crippen molar-refractivity contribution in [3.05, 3.63) is 29.8 Å². The summed E-state index contributed by atoms with van der Waals surface area (Å²) in [5, 5.41) is 2.30. The van der Waals surface area contributed by atoms with Crippen molar-refractivity contribution in [1.82, 2.24) is 4.90 Å². The number of benzene rings is 1. The third-order valence-electron chi connectivity index (χ3n) is 3.62. The Hall–Kier alpha value is -1.98. The molecule has 1 heterocycles. The average Bonchev–Trinajstić information content (AvgIpc) is 2.40. The molecular formula is C14H16F2N2O2. The average molecular weight is 282 g/mol. The number of carbonyl (C=O) groups excluding carboxylic acids is 2. The molecule has 1 fully saturated rings. The van der Waals surface area contributed by atoms with Gasteiger partial charge in [-0.05, 0) is 24.5 Å². The molecule has 2 atom stereocenters. The van der Waals surface area contributed by atoms with E-state index in [0.717, 1.165) is 6.07 Å². The molecule has 1 aliphatic rings. The normalized spacial score (nSPS) is 22.8. The van der Waals surface area contributed by atoms with Crippen LogP contribution in [0.25, 0.3) is 0 Å². The Morgan fingerprint density at radius 2 is 2.10 bits per heavy atom. The number of likely N-dealkylation sites (tertiary alicyclic amines) is 1. The van der Waals surface area contributed by atoms with Gasteiger partial charge in [-0.2, -0.15) is 0 Å². The first-order valence-corrected chi connectivity index (χ1v) is 6.41. The Bertz CT molecular complexity index is 548. The molecule has 0 spiro atoms. The van der Waals surface area contributed by atoms with Crippen molar-refractivity contribution < 1.29 is 18.4 Å². The van der Waals surface area contributed by atoms with E-state index >= 15 is 0 Å². The summed E-state index contributed by atoms with van der Waals surface area (Å²) in [6, 6.07) is 3.53. The summed E-state index contributed by atoms with van der Waals surface area (Å²) in [6.07, 6.45) is 0.700. The smallest absolute Gasteiger partial charge is 0.237 e. The van der Waals surface area contributed by atoms with Crippen LogP contribution in [0.1, 0.15) is 13.3 Å². The van der Waals surface area contributed by atoms with Gasteiger partial charge in [-0.25, -0.2) is 8.78 Å². The summed E-state index contributed by atoms with van der Waals surface area (Å²) >= 11 is 0. The van der Waals surface area contributed by atoms with Crippen LogP contribution in [0, 0.1) is 23.5 Å². The molecule has 20 heavy (non-hydrogen) atoms. The van der Waals surface area contributed by atoms with Crippen molar-refractivity contribution in [1.29, 1.82) is 0 Å². The SMILES string of the molecule is CC1CCN(C)C(=O)[C@@H]1C(=O)Nc1cccc(F)c1F. The fraction of sp³-hybridized carbons (Fsp3) is 0.429. The second-order valence-electron chi connectivity index (χ2n) is 5.09. The van der Waals surface area contributed by atoms with Crippen LogP contribution in [0.3, 0.4) is 0 Å². The van der Waals surface area contributed by atoms with Gasteiger partial charge in [-0.3, -0.25) is 9.59 Å². The zero-order chi connectivity index (χ0) is 14.9. The van der Waals surface area contributed by atoms with Crippen LogP contribution in [-0.2, 0) is 9.59 Å². The summed E-state index contributed by atoms with van der Waals surface area (Å²) in [7, 11) is 1.62. The maximum Gasteiger partial charge on any atom is 0.237 e. The molecule has 2 rings (SSSR count). The lowest BCUT2D eigenvalue weighted by atomic mass is 9.85. The molecule has 1 saturated heterocycles. The van der Waals surface area contributed by atoms with E-state index in [0.29, 0.717) is 13.0 Å². The van der Waals surface area contributed by atoms with Crippen molar-refractivity contribution in [2.24, 2.45) is 11.8 Å². The highest BCUT2D eigenvalue weighted by Gasteiger charge is 2.38. The predicted molar refractivity (Wildman–Crippen MR) is 69.9 cm³/mol. The number of nitrogens with zero attached hydrogens (tertiary/aromatic N) is 1. The molecule has 1 N–H and O–H groups in total. The molecule has 0 bridgehead atoms. The minimum absolute atomic E-state index is 0.129. The van der Waals surface area contributed by atoms with Gasteiger partial charge in [0.15, 0.2) is 11.6 Å². The van der Waals surface area contributed by atoms with Crippen molar-refractivity contribution in [3.8, 4) is 0 Å².